The maximum atomic E-state index is 4.74. The highest BCUT2D eigenvalue weighted by atomic mass is 32.1. The van der Waals surface area contributed by atoms with Crippen molar-refractivity contribution >= 4 is 28.3 Å². The van der Waals surface area contributed by atoms with E-state index in [1.165, 1.54) is 9.75 Å². The van der Waals surface area contributed by atoms with Crippen molar-refractivity contribution in [3.8, 4) is 0 Å². The zero-order valence-corrected chi connectivity index (χ0v) is 16.7. The van der Waals surface area contributed by atoms with Crippen molar-refractivity contribution in [1.29, 1.82) is 0 Å². The fraction of sp³-hybridized carbons (Fsp3) is 0.400. The lowest BCUT2D eigenvalue weighted by atomic mass is 10.2. The molecule has 0 aliphatic carbocycles. The summed E-state index contributed by atoms with van der Waals surface area (Å²) < 4.78 is 2.11. The molecular weight excluding hydrogens is 342 g/mol. The monoisotopic (exact) mass is 369 g/mol. The molecular formula is C20H27N5S. The third-order valence-electron chi connectivity index (χ3n) is 4.29. The van der Waals surface area contributed by atoms with Crippen LogP contribution in [0.5, 0.6) is 0 Å². The smallest absolute Gasteiger partial charge is 0.191 e. The minimum Gasteiger partial charge on any atom is -0.357 e. The van der Waals surface area contributed by atoms with E-state index in [0.29, 0.717) is 12.6 Å². The van der Waals surface area contributed by atoms with Crippen LogP contribution in [0.2, 0.25) is 0 Å². The Morgan fingerprint density at radius 1 is 1.27 bits per heavy atom. The molecule has 1 atom stereocenters. The Bertz CT molecular complexity index is 893. The van der Waals surface area contributed by atoms with Crippen molar-refractivity contribution in [1.82, 2.24) is 20.2 Å². The molecule has 2 aromatic heterocycles. The van der Waals surface area contributed by atoms with Gasteiger partial charge in [-0.3, -0.25) is 0 Å². The molecule has 1 aromatic carbocycles. The molecule has 26 heavy (non-hydrogen) atoms. The van der Waals surface area contributed by atoms with E-state index in [2.05, 4.69) is 54.2 Å². The number of rotatable bonds is 6. The van der Waals surface area contributed by atoms with E-state index < -0.39 is 0 Å². The van der Waals surface area contributed by atoms with Crippen LogP contribution in [0.15, 0.2) is 41.4 Å². The van der Waals surface area contributed by atoms with Crippen LogP contribution in [-0.4, -0.2) is 28.1 Å². The second-order valence-corrected chi connectivity index (χ2v) is 7.91. The quantitative estimate of drug-likeness (QED) is 0.515. The zero-order valence-electron chi connectivity index (χ0n) is 15.9. The molecule has 0 saturated carbocycles. The molecule has 5 nitrogen and oxygen atoms in total. The van der Waals surface area contributed by atoms with Crippen LogP contribution >= 0.6 is 11.3 Å². The second-order valence-electron chi connectivity index (χ2n) is 6.53. The fourth-order valence-corrected chi connectivity index (χ4v) is 4.01. The maximum absolute atomic E-state index is 4.74. The van der Waals surface area contributed by atoms with E-state index in [1.807, 2.05) is 36.6 Å². The van der Waals surface area contributed by atoms with Crippen LogP contribution in [-0.2, 0) is 20.0 Å². The lowest BCUT2D eigenvalue weighted by molar-refractivity contribution is 0.643. The summed E-state index contributed by atoms with van der Waals surface area (Å²) in [6.45, 7) is 7.80. The third kappa shape index (κ3) is 4.43. The Morgan fingerprint density at radius 2 is 2.08 bits per heavy atom. The molecule has 0 spiro atoms. The summed E-state index contributed by atoms with van der Waals surface area (Å²) in [4.78, 5) is 12.2. The standard InChI is InChI=1S/C20H27N5S/c1-5-21-20(23-14(2)12-16-11-10-15(3)26-16)22-13-19-24-17-8-6-7-9-18(17)25(19)4/h6-11,14H,5,12-13H2,1-4H3,(H2,21,22,23). The molecule has 3 rings (SSSR count). The predicted molar refractivity (Wildman–Crippen MR) is 111 cm³/mol. The third-order valence-corrected chi connectivity index (χ3v) is 5.31. The predicted octanol–water partition coefficient (Wildman–Crippen LogP) is 3.63. The number of hydrogen-bond donors (Lipinski definition) is 2. The molecule has 0 bridgehead atoms. The summed E-state index contributed by atoms with van der Waals surface area (Å²) >= 11 is 1.86. The molecule has 1 unspecified atom stereocenters. The molecule has 0 aliphatic rings. The van der Waals surface area contributed by atoms with Crippen molar-refractivity contribution in [2.24, 2.45) is 12.0 Å². The second kappa shape index (κ2) is 8.36. The van der Waals surface area contributed by atoms with Crippen molar-refractivity contribution in [2.45, 2.75) is 39.8 Å². The highest BCUT2D eigenvalue weighted by Crippen LogP contribution is 2.17. The van der Waals surface area contributed by atoms with Crippen molar-refractivity contribution in [3.63, 3.8) is 0 Å². The lowest BCUT2D eigenvalue weighted by Gasteiger charge is -2.17. The average molecular weight is 370 g/mol. The van der Waals surface area contributed by atoms with Crippen LogP contribution < -0.4 is 10.6 Å². The van der Waals surface area contributed by atoms with E-state index in [-0.39, 0.29) is 0 Å². The minimum atomic E-state index is 0.311. The van der Waals surface area contributed by atoms with Gasteiger partial charge in [-0.2, -0.15) is 0 Å². The summed E-state index contributed by atoms with van der Waals surface area (Å²) in [5, 5.41) is 6.84. The molecule has 0 radical (unpaired) electrons. The van der Waals surface area contributed by atoms with Gasteiger partial charge in [-0.15, -0.1) is 11.3 Å². The Kier molecular flexibility index (Phi) is 5.93. The molecule has 138 valence electrons. The number of aromatic nitrogens is 2. The first-order chi connectivity index (χ1) is 12.6. The van der Waals surface area contributed by atoms with Crippen LogP contribution in [0.1, 0.15) is 29.4 Å². The van der Waals surface area contributed by atoms with Gasteiger partial charge in [0.05, 0.1) is 11.0 Å². The molecule has 0 amide bonds. The number of imidazole rings is 1. The van der Waals surface area contributed by atoms with E-state index in [0.717, 1.165) is 35.8 Å². The van der Waals surface area contributed by atoms with E-state index in [1.54, 1.807) is 0 Å². The summed E-state index contributed by atoms with van der Waals surface area (Å²) in [6.07, 6.45) is 0.995. The van der Waals surface area contributed by atoms with E-state index in [9.17, 15) is 0 Å². The number of nitrogens with zero attached hydrogens (tertiary/aromatic N) is 3. The van der Waals surface area contributed by atoms with Crippen LogP contribution in [0.4, 0.5) is 0 Å². The summed E-state index contributed by atoms with van der Waals surface area (Å²) in [5.74, 6) is 1.80. The van der Waals surface area contributed by atoms with Gasteiger partial charge in [0.15, 0.2) is 5.96 Å². The minimum absolute atomic E-state index is 0.311. The Balaban J connectivity index is 1.68. The van der Waals surface area contributed by atoms with Crippen molar-refractivity contribution in [2.75, 3.05) is 6.54 Å². The number of fused-ring (bicyclic) bond motifs is 1. The van der Waals surface area contributed by atoms with Crippen LogP contribution in [0.3, 0.4) is 0 Å². The zero-order chi connectivity index (χ0) is 18.5. The number of aliphatic imine (C=N–C) groups is 1. The SMILES string of the molecule is CCNC(=NCc1nc2ccccc2n1C)NC(C)Cc1ccc(C)s1. The fourth-order valence-electron chi connectivity index (χ4n) is 2.99. The Morgan fingerprint density at radius 3 is 2.77 bits per heavy atom. The molecule has 6 heteroatoms. The number of nitrogens with one attached hydrogen (secondary N) is 2. The van der Waals surface area contributed by atoms with Crippen molar-refractivity contribution in [3.05, 3.63) is 52.0 Å². The molecule has 2 N–H and O–H groups in total. The molecule has 3 aromatic rings. The molecule has 0 saturated heterocycles. The van der Waals surface area contributed by atoms with Gasteiger partial charge in [0.2, 0.25) is 0 Å². The highest BCUT2D eigenvalue weighted by Gasteiger charge is 2.10. The first kappa shape index (κ1) is 18.5. The first-order valence-electron chi connectivity index (χ1n) is 9.07. The van der Waals surface area contributed by atoms with Gasteiger partial charge in [0.25, 0.3) is 0 Å². The Hall–Kier alpha value is -2.34. The van der Waals surface area contributed by atoms with Gasteiger partial charge in [-0.1, -0.05) is 12.1 Å². The molecule has 2 heterocycles. The van der Waals surface area contributed by atoms with E-state index >= 15 is 0 Å². The Labute approximate surface area is 159 Å². The lowest BCUT2D eigenvalue weighted by Crippen LogP contribution is -2.43. The van der Waals surface area contributed by atoms with Gasteiger partial charge in [0.1, 0.15) is 12.4 Å². The largest absolute Gasteiger partial charge is 0.357 e. The maximum Gasteiger partial charge on any atom is 0.191 e. The van der Waals surface area contributed by atoms with Gasteiger partial charge in [-0.05, 0) is 45.0 Å². The first-order valence-corrected chi connectivity index (χ1v) is 9.89. The summed E-state index contributed by atoms with van der Waals surface area (Å²) in [6, 6.07) is 12.9. The number of thiophene rings is 1. The normalized spacial score (nSPS) is 13.2. The van der Waals surface area contributed by atoms with Crippen LogP contribution in [0.25, 0.3) is 11.0 Å². The summed E-state index contributed by atoms with van der Waals surface area (Å²) in [5.41, 5.74) is 2.15. The highest BCUT2D eigenvalue weighted by molar-refractivity contribution is 7.11. The van der Waals surface area contributed by atoms with Gasteiger partial charge < -0.3 is 15.2 Å². The van der Waals surface area contributed by atoms with Crippen LogP contribution in [0, 0.1) is 6.92 Å². The van der Waals surface area contributed by atoms with E-state index in [4.69, 9.17) is 9.98 Å². The van der Waals surface area contributed by atoms with Crippen molar-refractivity contribution < 1.29 is 0 Å². The molecule has 0 aliphatic heterocycles. The number of aryl methyl sites for hydroxylation is 2. The topological polar surface area (TPSA) is 54.2 Å². The van der Waals surface area contributed by atoms with Gasteiger partial charge >= 0.3 is 0 Å². The number of benzene rings is 1. The number of hydrogen-bond acceptors (Lipinski definition) is 3. The number of para-hydroxylation sites is 2. The summed E-state index contributed by atoms with van der Waals surface area (Å²) in [7, 11) is 2.04. The van der Waals surface area contributed by atoms with Gasteiger partial charge in [-0.25, -0.2) is 9.98 Å². The molecule has 0 fully saturated rings. The number of guanidine groups is 1. The average Bonchev–Trinajstić information content (AvgIpc) is 3.16. The van der Waals surface area contributed by atoms with Gasteiger partial charge in [0, 0.05) is 35.8 Å².